The molecule has 0 radical (unpaired) electrons. The third kappa shape index (κ3) is 16.2. The number of para-hydroxylation sites is 1. The second kappa shape index (κ2) is 18.1. The van der Waals surface area contributed by atoms with Gasteiger partial charge in [-0.1, -0.05) is 48.9 Å². The van der Waals surface area contributed by atoms with Crippen LogP contribution < -0.4 is 10.1 Å². The molecule has 0 aromatic heterocycles. The molecule has 1 fully saturated rings. The van der Waals surface area contributed by atoms with Crippen LogP contribution in [-0.2, 0) is 27.3 Å². The van der Waals surface area contributed by atoms with Gasteiger partial charge in [0.1, 0.15) is 18.0 Å². The van der Waals surface area contributed by atoms with Crippen molar-refractivity contribution >= 4 is 29.5 Å². The minimum Gasteiger partial charge on any atom is -0.490 e. The van der Waals surface area contributed by atoms with Crippen LogP contribution in [0.3, 0.4) is 0 Å². The Labute approximate surface area is 271 Å². The van der Waals surface area contributed by atoms with Gasteiger partial charge >= 0.3 is 30.3 Å². The summed E-state index contributed by atoms with van der Waals surface area (Å²) in [6, 6.07) is 15.8. The Morgan fingerprint density at radius 3 is 1.94 bits per heavy atom. The molecule has 0 saturated carbocycles. The number of alkyl halides is 6. The molecule has 0 amide bonds. The van der Waals surface area contributed by atoms with Crippen molar-refractivity contribution in [2.75, 3.05) is 19.7 Å². The molecule has 2 aromatic carbocycles. The van der Waals surface area contributed by atoms with Gasteiger partial charge < -0.3 is 30.5 Å². The predicted octanol–water partition coefficient (Wildman–Crippen LogP) is 5.25. The van der Waals surface area contributed by atoms with E-state index in [1.54, 1.807) is 31.2 Å². The van der Waals surface area contributed by atoms with Crippen LogP contribution in [0.25, 0.3) is 0 Å². The SMILES string of the molecule is C[C@H]1CN(Cc2ccc(Cl)cc2)[C@@H](C)CC1NCC(C)(O)COc1ccccc1CC(=O)O.O=C(O)C(F)(F)F.O=C(O)C(F)(F)F. The lowest BCUT2D eigenvalue weighted by Crippen LogP contribution is -2.55. The molecule has 17 heteroatoms. The highest BCUT2D eigenvalue weighted by Crippen LogP contribution is 2.25. The van der Waals surface area contributed by atoms with Gasteiger partial charge in [-0.05, 0) is 49.9 Å². The second-order valence-corrected chi connectivity index (χ2v) is 11.6. The number of piperidine rings is 1. The summed E-state index contributed by atoms with van der Waals surface area (Å²) in [6.45, 7) is 8.58. The largest absolute Gasteiger partial charge is 0.490 e. The van der Waals surface area contributed by atoms with E-state index in [9.17, 15) is 36.2 Å². The second-order valence-electron chi connectivity index (χ2n) is 11.2. The summed E-state index contributed by atoms with van der Waals surface area (Å²) >= 11 is 6.01. The van der Waals surface area contributed by atoms with Crippen molar-refractivity contribution in [3.05, 3.63) is 64.7 Å². The maximum Gasteiger partial charge on any atom is 0.490 e. The van der Waals surface area contributed by atoms with Crippen LogP contribution in [0, 0.1) is 5.92 Å². The monoisotopic (exact) mass is 702 g/mol. The minimum atomic E-state index is -5.08. The summed E-state index contributed by atoms with van der Waals surface area (Å²) in [5.41, 5.74) is 0.775. The number of carboxylic acid groups (broad SMARTS) is 3. The average molecular weight is 703 g/mol. The number of hydrogen-bond acceptors (Lipinski definition) is 7. The van der Waals surface area contributed by atoms with Gasteiger partial charge in [0.15, 0.2) is 0 Å². The molecule has 5 N–H and O–H groups in total. The van der Waals surface area contributed by atoms with Crippen molar-refractivity contribution in [2.24, 2.45) is 5.92 Å². The summed E-state index contributed by atoms with van der Waals surface area (Å²) < 4.78 is 69.3. The number of carboxylic acids is 3. The Kier molecular flexibility index (Phi) is 15.9. The first-order valence-corrected chi connectivity index (χ1v) is 14.4. The molecule has 1 aliphatic heterocycles. The Morgan fingerprint density at radius 2 is 1.45 bits per heavy atom. The fourth-order valence-electron chi connectivity index (χ4n) is 4.34. The van der Waals surface area contributed by atoms with Crippen molar-refractivity contribution < 1.29 is 65.9 Å². The fraction of sp³-hybridized carbons (Fsp3) is 0.500. The molecule has 0 spiro atoms. The number of aliphatic hydroxyl groups is 1. The lowest BCUT2D eigenvalue weighted by Gasteiger charge is -2.43. The van der Waals surface area contributed by atoms with E-state index in [-0.39, 0.29) is 13.0 Å². The molecule has 47 heavy (non-hydrogen) atoms. The number of nitrogens with zero attached hydrogens (tertiary/aromatic N) is 1. The Hall–Kier alpha value is -3.60. The number of benzene rings is 2. The lowest BCUT2D eigenvalue weighted by atomic mass is 9.88. The molecule has 2 aromatic rings. The molecule has 3 rings (SSSR count). The van der Waals surface area contributed by atoms with Gasteiger partial charge in [-0.3, -0.25) is 9.69 Å². The van der Waals surface area contributed by atoms with Crippen molar-refractivity contribution in [1.29, 1.82) is 0 Å². The Bertz CT molecular complexity index is 1280. The Morgan fingerprint density at radius 1 is 0.936 bits per heavy atom. The van der Waals surface area contributed by atoms with Gasteiger partial charge in [0.2, 0.25) is 0 Å². The number of rotatable bonds is 10. The summed E-state index contributed by atoms with van der Waals surface area (Å²) in [5, 5.41) is 38.5. The van der Waals surface area contributed by atoms with Crippen molar-refractivity contribution in [2.45, 2.75) is 70.2 Å². The highest BCUT2D eigenvalue weighted by molar-refractivity contribution is 6.30. The van der Waals surface area contributed by atoms with E-state index in [0.717, 1.165) is 24.5 Å². The van der Waals surface area contributed by atoms with Gasteiger partial charge in [-0.2, -0.15) is 26.3 Å². The quantitative estimate of drug-likeness (QED) is 0.207. The van der Waals surface area contributed by atoms with E-state index in [1.807, 2.05) is 12.1 Å². The number of hydrogen-bond donors (Lipinski definition) is 5. The minimum absolute atomic E-state index is 0.0793. The molecule has 2 unspecified atom stereocenters. The smallest absolute Gasteiger partial charge is 0.490 e. The predicted molar refractivity (Wildman–Crippen MR) is 158 cm³/mol. The molecule has 1 heterocycles. The molecule has 4 atom stereocenters. The molecule has 1 saturated heterocycles. The third-order valence-electron chi connectivity index (χ3n) is 6.81. The summed E-state index contributed by atoms with van der Waals surface area (Å²) in [7, 11) is 0. The number of likely N-dealkylation sites (tertiary alicyclic amines) is 1. The van der Waals surface area contributed by atoms with Crippen molar-refractivity contribution in [3.8, 4) is 5.75 Å². The topological polar surface area (TPSA) is 157 Å². The molecule has 10 nitrogen and oxygen atoms in total. The van der Waals surface area contributed by atoms with Gasteiger partial charge in [-0.25, -0.2) is 9.59 Å². The lowest BCUT2D eigenvalue weighted by molar-refractivity contribution is -0.193. The van der Waals surface area contributed by atoms with Gasteiger partial charge in [0.05, 0.1) is 6.42 Å². The van der Waals surface area contributed by atoms with Gasteiger partial charge in [0.25, 0.3) is 0 Å². The van der Waals surface area contributed by atoms with Crippen LogP contribution in [0.4, 0.5) is 26.3 Å². The third-order valence-corrected chi connectivity index (χ3v) is 7.06. The van der Waals surface area contributed by atoms with E-state index in [1.165, 1.54) is 5.56 Å². The first kappa shape index (κ1) is 41.4. The van der Waals surface area contributed by atoms with E-state index in [0.29, 0.717) is 35.9 Å². The maximum atomic E-state index is 11.1. The summed E-state index contributed by atoms with van der Waals surface area (Å²) in [5.74, 6) is -5.50. The van der Waals surface area contributed by atoms with Gasteiger partial charge in [-0.15, -0.1) is 0 Å². The standard InChI is InChI=1S/C26H35ClN2O4.2C2HF3O2/c1-18-14-29(15-20-8-10-22(27)11-9-20)19(2)12-23(18)28-16-26(3,32)17-33-24-7-5-4-6-21(24)13-25(30)31;2*3-2(4,5)1(6)7/h4-11,18-19,23,28,32H,12-17H2,1-3H3,(H,30,31);2*(H,6,7)/t18-,19-,23?,26?;;/m0../s1. The number of carbonyl (C=O) groups is 3. The maximum absolute atomic E-state index is 11.1. The van der Waals surface area contributed by atoms with Crippen LogP contribution >= 0.6 is 11.6 Å². The zero-order chi connectivity index (χ0) is 36.2. The molecular formula is C30H37ClF6N2O8. The fourth-order valence-corrected chi connectivity index (χ4v) is 4.47. The number of aliphatic carboxylic acids is 3. The molecule has 0 aliphatic carbocycles. The first-order chi connectivity index (χ1) is 21.5. The molecular weight excluding hydrogens is 666 g/mol. The van der Waals surface area contributed by atoms with Crippen LogP contribution in [0.2, 0.25) is 5.02 Å². The van der Waals surface area contributed by atoms with Crippen molar-refractivity contribution in [3.63, 3.8) is 0 Å². The zero-order valence-corrected chi connectivity index (χ0v) is 26.4. The molecule has 0 bridgehead atoms. The van der Waals surface area contributed by atoms with Gasteiger partial charge in [0, 0.05) is 42.3 Å². The zero-order valence-electron chi connectivity index (χ0n) is 25.6. The Balaban J connectivity index is 0.000000658. The first-order valence-electron chi connectivity index (χ1n) is 14.0. The van der Waals surface area contributed by atoms with E-state index < -0.39 is 35.9 Å². The normalized spacial score (nSPS) is 19.6. The number of nitrogens with one attached hydrogen (secondary N) is 1. The highest BCUT2D eigenvalue weighted by atomic mass is 35.5. The van der Waals surface area contributed by atoms with E-state index in [2.05, 4.69) is 36.2 Å². The average Bonchev–Trinajstić information content (AvgIpc) is 2.94. The van der Waals surface area contributed by atoms with Crippen LogP contribution in [0.15, 0.2) is 48.5 Å². The molecule has 264 valence electrons. The highest BCUT2D eigenvalue weighted by Gasteiger charge is 2.39. The van der Waals surface area contributed by atoms with E-state index >= 15 is 0 Å². The number of halogens is 7. The van der Waals surface area contributed by atoms with Crippen LogP contribution in [0.1, 0.15) is 38.3 Å². The van der Waals surface area contributed by atoms with Crippen LogP contribution in [0.5, 0.6) is 5.75 Å². The molecule has 1 aliphatic rings. The summed E-state index contributed by atoms with van der Waals surface area (Å²) in [4.78, 5) is 31.4. The number of ether oxygens (including phenoxy) is 1. The van der Waals surface area contributed by atoms with E-state index in [4.69, 9.17) is 41.2 Å². The van der Waals surface area contributed by atoms with Crippen molar-refractivity contribution in [1.82, 2.24) is 10.2 Å². The van der Waals surface area contributed by atoms with Crippen LogP contribution in [-0.4, -0.2) is 93.0 Å². The summed E-state index contributed by atoms with van der Waals surface area (Å²) in [6.07, 6.45) is -9.28.